The van der Waals surface area contributed by atoms with Gasteiger partial charge >= 0.3 is 5.97 Å². The average molecular weight is 394 g/mol. The second kappa shape index (κ2) is 8.48. The zero-order valence-electron chi connectivity index (χ0n) is 15.9. The van der Waals surface area contributed by atoms with Crippen LogP contribution in [0.3, 0.4) is 0 Å². The highest BCUT2D eigenvalue weighted by Crippen LogP contribution is 2.40. The van der Waals surface area contributed by atoms with Crippen LogP contribution in [-0.4, -0.2) is 13.1 Å². The summed E-state index contributed by atoms with van der Waals surface area (Å²) in [6, 6.07) is 15.0. The molecule has 2 aromatic carbocycles. The summed E-state index contributed by atoms with van der Waals surface area (Å²) < 4.78 is 29.1. The molecule has 0 bridgehead atoms. The van der Waals surface area contributed by atoms with E-state index < -0.39 is 11.9 Å². The fraction of sp³-hybridized carbons (Fsp3) is 0.182. The molecule has 2 aromatic rings. The number of carbonyl (C=O) groups excluding carboxylic acids is 1. The molecule has 0 amide bonds. The highest BCUT2D eigenvalue weighted by Gasteiger charge is 2.36. The third-order valence-corrected chi connectivity index (χ3v) is 4.52. The summed E-state index contributed by atoms with van der Waals surface area (Å²) in [6.07, 6.45) is 0. The van der Waals surface area contributed by atoms with Crippen LogP contribution in [0, 0.1) is 17.1 Å². The van der Waals surface area contributed by atoms with Crippen molar-refractivity contribution in [3.05, 3.63) is 88.3 Å². The third-order valence-electron chi connectivity index (χ3n) is 4.52. The number of carbonyl (C=O) groups is 1. The predicted molar refractivity (Wildman–Crippen MR) is 103 cm³/mol. The minimum atomic E-state index is -0.740. The standard InChI is InChI=1S/C22H19FN2O4/c1-13-19(22(26)27-2)20(18(11-24)21(25)29-13)15-4-3-5-17(10-15)28-12-14-6-8-16(23)9-7-14/h3-10,20H,12,25H2,1-2H3/t20-/m0/s1. The van der Waals surface area contributed by atoms with Crippen molar-refractivity contribution < 1.29 is 23.4 Å². The van der Waals surface area contributed by atoms with Crippen molar-refractivity contribution in [2.24, 2.45) is 5.73 Å². The number of nitrogens with zero attached hydrogens (tertiary/aromatic N) is 1. The van der Waals surface area contributed by atoms with E-state index in [1.165, 1.54) is 19.2 Å². The van der Waals surface area contributed by atoms with Crippen LogP contribution in [-0.2, 0) is 20.9 Å². The zero-order valence-corrected chi connectivity index (χ0v) is 15.9. The quantitative estimate of drug-likeness (QED) is 0.778. The lowest BCUT2D eigenvalue weighted by Crippen LogP contribution is -2.25. The van der Waals surface area contributed by atoms with Gasteiger partial charge in [0, 0.05) is 0 Å². The molecule has 0 aliphatic carbocycles. The summed E-state index contributed by atoms with van der Waals surface area (Å²) in [5.74, 6) is -0.922. The molecule has 0 saturated carbocycles. The molecule has 3 rings (SSSR count). The topological polar surface area (TPSA) is 94.6 Å². The summed E-state index contributed by atoms with van der Waals surface area (Å²) in [5.41, 5.74) is 7.63. The number of esters is 1. The van der Waals surface area contributed by atoms with Gasteiger partial charge in [-0.15, -0.1) is 0 Å². The van der Waals surface area contributed by atoms with Gasteiger partial charge in [0.1, 0.15) is 35.6 Å². The number of hydrogen-bond acceptors (Lipinski definition) is 6. The lowest BCUT2D eigenvalue weighted by atomic mass is 9.83. The number of ether oxygens (including phenoxy) is 3. The molecule has 1 aliphatic heterocycles. The van der Waals surface area contributed by atoms with Gasteiger partial charge in [-0.05, 0) is 42.3 Å². The number of allylic oxidation sites excluding steroid dienone is 2. The number of nitriles is 1. The van der Waals surface area contributed by atoms with Crippen LogP contribution in [0.4, 0.5) is 4.39 Å². The minimum Gasteiger partial charge on any atom is -0.489 e. The Bertz CT molecular complexity index is 1040. The summed E-state index contributed by atoms with van der Waals surface area (Å²) >= 11 is 0. The molecule has 29 heavy (non-hydrogen) atoms. The predicted octanol–water partition coefficient (Wildman–Crippen LogP) is 3.66. The third kappa shape index (κ3) is 4.22. The number of benzene rings is 2. The molecular formula is C22H19FN2O4. The van der Waals surface area contributed by atoms with Gasteiger partial charge in [-0.25, -0.2) is 9.18 Å². The van der Waals surface area contributed by atoms with Gasteiger partial charge in [0.15, 0.2) is 0 Å². The molecule has 1 aliphatic rings. The summed E-state index contributed by atoms with van der Waals surface area (Å²) in [4.78, 5) is 12.4. The zero-order chi connectivity index (χ0) is 21.0. The number of methoxy groups -OCH3 is 1. The van der Waals surface area contributed by atoms with E-state index in [4.69, 9.17) is 19.9 Å². The summed E-state index contributed by atoms with van der Waals surface area (Å²) in [5, 5.41) is 9.59. The highest BCUT2D eigenvalue weighted by atomic mass is 19.1. The van der Waals surface area contributed by atoms with E-state index in [0.29, 0.717) is 11.3 Å². The molecule has 148 valence electrons. The number of halogens is 1. The Morgan fingerprint density at radius 1 is 1.28 bits per heavy atom. The van der Waals surface area contributed by atoms with Gasteiger partial charge in [0.25, 0.3) is 0 Å². The monoisotopic (exact) mass is 394 g/mol. The molecule has 0 fully saturated rings. The van der Waals surface area contributed by atoms with Gasteiger partial charge in [0.05, 0.1) is 18.6 Å². The van der Waals surface area contributed by atoms with Crippen LogP contribution >= 0.6 is 0 Å². The van der Waals surface area contributed by atoms with Crippen molar-refractivity contribution in [1.82, 2.24) is 0 Å². The molecule has 7 heteroatoms. The summed E-state index contributed by atoms with van der Waals surface area (Å²) in [6.45, 7) is 1.83. The van der Waals surface area contributed by atoms with Gasteiger partial charge in [0.2, 0.25) is 5.88 Å². The number of rotatable bonds is 5. The Balaban J connectivity index is 1.93. The maximum absolute atomic E-state index is 13.0. The first-order chi connectivity index (χ1) is 13.9. The van der Waals surface area contributed by atoms with Crippen molar-refractivity contribution in [3.63, 3.8) is 0 Å². The van der Waals surface area contributed by atoms with Crippen molar-refractivity contribution in [2.75, 3.05) is 7.11 Å². The van der Waals surface area contributed by atoms with Crippen LogP contribution in [0.1, 0.15) is 24.0 Å². The SMILES string of the molecule is COC(=O)C1=C(C)OC(N)=C(C#N)[C@@H]1c1cccc(OCc2ccc(F)cc2)c1. The van der Waals surface area contributed by atoms with E-state index in [2.05, 4.69) is 0 Å². The number of nitrogens with two attached hydrogens (primary N) is 1. The van der Waals surface area contributed by atoms with Crippen molar-refractivity contribution in [2.45, 2.75) is 19.4 Å². The van der Waals surface area contributed by atoms with E-state index in [1.54, 1.807) is 43.3 Å². The lowest BCUT2D eigenvalue weighted by molar-refractivity contribution is -0.136. The van der Waals surface area contributed by atoms with Crippen LogP contribution in [0.5, 0.6) is 5.75 Å². The van der Waals surface area contributed by atoms with Crippen LogP contribution in [0.25, 0.3) is 0 Å². The second-order valence-electron chi connectivity index (χ2n) is 6.37. The smallest absolute Gasteiger partial charge is 0.338 e. The second-order valence-corrected chi connectivity index (χ2v) is 6.37. The van der Waals surface area contributed by atoms with E-state index in [-0.39, 0.29) is 35.2 Å². The normalized spacial score (nSPS) is 16.1. The molecule has 1 heterocycles. The Labute approximate surface area is 167 Å². The largest absolute Gasteiger partial charge is 0.489 e. The first kappa shape index (κ1) is 20.0. The molecule has 6 nitrogen and oxygen atoms in total. The van der Waals surface area contributed by atoms with Gasteiger partial charge in [-0.1, -0.05) is 24.3 Å². The van der Waals surface area contributed by atoms with Crippen LogP contribution < -0.4 is 10.5 Å². The first-order valence-electron chi connectivity index (χ1n) is 8.78. The van der Waals surface area contributed by atoms with E-state index in [0.717, 1.165) is 5.56 Å². The van der Waals surface area contributed by atoms with Gasteiger partial charge in [-0.2, -0.15) is 5.26 Å². The molecule has 1 atom stereocenters. The molecule has 0 spiro atoms. The van der Waals surface area contributed by atoms with E-state index in [1.807, 2.05) is 6.07 Å². The van der Waals surface area contributed by atoms with Gasteiger partial charge in [-0.3, -0.25) is 0 Å². The Hall–Kier alpha value is -3.79. The van der Waals surface area contributed by atoms with Crippen molar-refractivity contribution in [3.8, 4) is 11.8 Å². The molecule has 2 N–H and O–H groups in total. The highest BCUT2D eigenvalue weighted by molar-refractivity contribution is 5.92. The van der Waals surface area contributed by atoms with E-state index in [9.17, 15) is 14.4 Å². The Morgan fingerprint density at radius 2 is 2.00 bits per heavy atom. The Morgan fingerprint density at radius 3 is 2.66 bits per heavy atom. The van der Waals surface area contributed by atoms with Crippen molar-refractivity contribution in [1.29, 1.82) is 5.26 Å². The maximum Gasteiger partial charge on any atom is 0.338 e. The lowest BCUT2D eigenvalue weighted by Gasteiger charge is -2.26. The molecule has 0 aromatic heterocycles. The van der Waals surface area contributed by atoms with Crippen LogP contribution in [0.2, 0.25) is 0 Å². The first-order valence-corrected chi connectivity index (χ1v) is 8.78. The maximum atomic E-state index is 13.0. The minimum absolute atomic E-state index is 0.0553. The Kier molecular flexibility index (Phi) is 5.84. The molecule has 0 saturated heterocycles. The fourth-order valence-electron chi connectivity index (χ4n) is 3.12. The fourth-order valence-corrected chi connectivity index (χ4v) is 3.12. The van der Waals surface area contributed by atoms with Gasteiger partial charge < -0.3 is 19.9 Å². The van der Waals surface area contributed by atoms with E-state index >= 15 is 0 Å². The molecular weight excluding hydrogens is 375 g/mol. The molecule has 0 unspecified atom stereocenters. The summed E-state index contributed by atoms with van der Waals surface area (Å²) in [7, 11) is 1.26. The average Bonchev–Trinajstić information content (AvgIpc) is 2.72. The number of hydrogen-bond donors (Lipinski definition) is 1. The van der Waals surface area contributed by atoms with Crippen molar-refractivity contribution >= 4 is 5.97 Å². The van der Waals surface area contributed by atoms with Crippen LogP contribution in [0.15, 0.2) is 71.3 Å². The molecule has 0 radical (unpaired) electrons.